The van der Waals surface area contributed by atoms with Gasteiger partial charge >= 0.3 is 5.97 Å². The van der Waals surface area contributed by atoms with Gasteiger partial charge in [0.1, 0.15) is 0 Å². The topological polar surface area (TPSA) is 65.6 Å². The van der Waals surface area contributed by atoms with Crippen LogP contribution in [0.1, 0.15) is 42.4 Å². The summed E-state index contributed by atoms with van der Waals surface area (Å²) in [4.78, 5) is 32.1. The minimum Gasteiger partial charge on any atom is -0.463 e. The summed E-state index contributed by atoms with van der Waals surface area (Å²) in [7, 11) is 0. The zero-order valence-electron chi connectivity index (χ0n) is 21.3. The van der Waals surface area contributed by atoms with Gasteiger partial charge in [-0.05, 0) is 87.4 Å². The zero-order chi connectivity index (χ0) is 27.1. The fourth-order valence-electron chi connectivity index (χ4n) is 4.81. The lowest BCUT2D eigenvalue weighted by Gasteiger charge is -2.24. The molecule has 2 aromatic heterocycles. The van der Waals surface area contributed by atoms with Crippen LogP contribution >= 0.6 is 34.5 Å². The zero-order valence-corrected chi connectivity index (χ0v) is 23.6. The van der Waals surface area contributed by atoms with Crippen molar-refractivity contribution in [2.45, 2.75) is 33.7 Å². The summed E-state index contributed by atoms with van der Waals surface area (Å²) in [5.74, 6) is -0.491. The number of hydrogen-bond donors (Lipinski definition) is 0. The van der Waals surface area contributed by atoms with Gasteiger partial charge in [0.05, 0.1) is 28.5 Å². The van der Waals surface area contributed by atoms with Gasteiger partial charge in [-0.2, -0.15) is 0 Å². The molecule has 0 spiro atoms. The second-order valence-electron chi connectivity index (χ2n) is 8.99. The number of allylic oxidation sites excluding steroid dienone is 1. The number of esters is 1. The Kier molecular flexibility index (Phi) is 7.18. The van der Waals surface area contributed by atoms with Crippen LogP contribution in [-0.4, -0.2) is 21.7 Å². The number of fused-ring (bicyclic) bond motifs is 1. The van der Waals surface area contributed by atoms with Gasteiger partial charge in [-0.15, -0.1) is 0 Å². The van der Waals surface area contributed by atoms with Gasteiger partial charge in [0.2, 0.25) is 0 Å². The summed E-state index contributed by atoms with van der Waals surface area (Å²) in [5.41, 5.74) is 5.33. The number of rotatable bonds is 5. The summed E-state index contributed by atoms with van der Waals surface area (Å²) in [6.45, 7) is 7.78. The number of aryl methyl sites for hydroxylation is 1. The minimum atomic E-state index is -0.675. The van der Waals surface area contributed by atoms with Gasteiger partial charge in [-0.1, -0.05) is 46.7 Å². The Morgan fingerprint density at radius 3 is 2.32 bits per heavy atom. The van der Waals surface area contributed by atoms with Crippen LogP contribution in [0.25, 0.3) is 11.8 Å². The highest BCUT2D eigenvalue weighted by Crippen LogP contribution is 2.31. The van der Waals surface area contributed by atoms with E-state index in [1.807, 2.05) is 62.4 Å². The van der Waals surface area contributed by atoms with E-state index in [0.29, 0.717) is 30.6 Å². The molecule has 0 N–H and O–H groups in total. The number of carbonyl (C=O) groups is 1. The largest absolute Gasteiger partial charge is 0.463 e. The van der Waals surface area contributed by atoms with E-state index in [1.165, 1.54) is 11.3 Å². The van der Waals surface area contributed by atoms with E-state index >= 15 is 0 Å². The van der Waals surface area contributed by atoms with Crippen molar-refractivity contribution >= 4 is 46.6 Å². The molecular weight excluding hydrogens is 541 g/mol. The third-order valence-corrected chi connectivity index (χ3v) is 8.03. The Morgan fingerprint density at radius 2 is 1.68 bits per heavy atom. The Hall–Kier alpha value is -3.39. The lowest BCUT2D eigenvalue weighted by atomic mass is 9.96. The van der Waals surface area contributed by atoms with E-state index in [4.69, 9.17) is 27.9 Å². The lowest BCUT2D eigenvalue weighted by Crippen LogP contribution is -2.39. The van der Waals surface area contributed by atoms with Crippen molar-refractivity contribution < 1.29 is 9.53 Å². The first-order chi connectivity index (χ1) is 18.2. The molecule has 1 aliphatic rings. The molecule has 1 unspecified atom stereocenters. The van der Waals surface area contributed by atoms with E-state index in [2.05, 4.69) is 9.56 Å². The molecule has 1 atom stereocenters. The van der Waals surface area contributed by atoms with E-state index in [1.54, 1.807) is 30.5 Å². The van der Waals surface area contributed by atoms with Crippen LogP contribution in [-0.2, 0) is 9.53 Å². The van der Waals surface area contributed by atoms with Crippen molar-refractivity contribution in [1.29, 1.82) is 0 Å². The smallest absolute Gasteiger partial charge is 0.338 e. The van der Waals surface area contributed by atoms with Crippen molar-refractivity contribution in [2.75, 3.05) is 6.61 Å². The van der Waals surface area contributed by atoms with Crippen LogP contribution in [0.5, 0.6) is 0 Å². The van der Waals surface area contributed by atoms with Crippen molar-refractivity contribution in [3.8, 4) is 5.69 Å². The molecule has 0 saturated heterocycles. The van der Waals surface area contributed by atoms with Crippen LogP contribution < -0.4 is 14.9 Å². The second-order valence-corrected chi connectivity index (χ2v) is 10.9. The number of thiazole rings is 1. The molecule has 4 aromatic rings. The molecule has 0 aliphatic carbocycles. The molecule has 9 heteroatoms. The van der Waals surface area contributed by atoms with Gasteiger partial charge in [-0.3, -0.25) is 9.36 Å². The van der Waals surface area contributed by atoms with Crippen LogP contribution in [0, 0.1) is 13.8 Å². The number of ether oxygens (including phenoxy) is 1. The van der Waals surface area contributed by atoms with Crippen LogP contribution in [0.3, 0.4) is 0 Å². The molecule has 0 fully saturated rings. The highest BCUT2D eigenvalue weighted by Gasteiger charge is 2.33. The number of hydrogen-bond acceptors (Lipinski definition) is 5. The fraction of sp³-hybridized carbons (Fsp3) is 0.207. The molecule has 6 nitrogen and oxygen atoms in total. The Bertz CT molecular complexity index is 1760. The molecular formula is C29H25Cl2N3O3S. The number of aromatic nitrogens is 2. The highest BCUT2D eigenvalue weighted by atomic mass is 35.5. The Labute approximate surface area is 233 Å². The van der Waals surface area contributed by atoms with E-state index in [0.717, 1.165) is 28.2 Å². The molecule has 3 heterocycles. The summed E-state index contributed by atoms with van der Waals surface area (Å²) >= 11 is 13.5. The quantitative estimate of drug-likeness (QED) is 0.299. The Balaban J connectivity index is 1.68. The maximum Gasteiger partial charge on any atom is 0.338 e. The monoisotopic (exact) mass is 565 g/mol. The van der Waals surface area contributed by atoms with Crippen LogP contribution in [0.2, 0.25) is 10.0 Å². The van der Waals surface area contributed by atoms with Gasteiger partial charge in [0, 0.05) is 27.1 Å². The SMILES string of the molecule is CCOC(=O)C1=C(C)N=c2s/c(=C/c3cc(C)n(-c4ccc(Cl)cc4)c3C)c(=O)n2C1c1ccc(Cl)cc1. The van der Waals surface area contributed by atoms with E-state index < -0.39 is 12.0 Å². The van der Waals surface area contributed by atoms with Crippen molar-refractivity contribution in [1.82, 2.24) is 9.13 Å². The predicted octanol–water partition coefficient (Wildman–Crippen LogP) is 5.51. The third kappa shape index (κ3) is 4.66. The molecule has 0 radical (unpaired) electrons. The standard InChI is InChI=1S/C29H25Cl2N3O3S/c1-5-37-28(36)25-17(3)32-29-34(26(25)19-6-8-21(30)9-7-19)27(35)24(38-29)15-20-14-16(2)33(18(20)4)23-12-10-22(31)11-13-23/h6-15,26H,5H2,1-4H3/b24-15+. The average molecular weight is 567 g/mol. The van der Waals surface area contributed by atoms with E-state index in [9.17, 15) is 9.59 Å². The molecule has 38 heavy (non-hydrogen) atoms. The van der Waals surface area contributed by atoms with Gasteiger partial charge in [0.25, 0.3) is 5.56 Å². The van der Waals surface area contributed by atoms with Gasteiger partial charge < -0.3 is 9.30 Å². The van der Waals surface area contributed by atoms with E-state index in [-0.39, 0.29) is 12.2 Å². The Morgan fingerprint density at radius 1 is 1.05 bits per heavy atom. The van der Waals surface area contributed by atoms with Gasteiger partial charge in [0.15, 0.2) is 4.80 Å². The number of halogens is 2. The normalized spacial score (nSPS) is 15.4. The summed E-state index contributed by atoms with van der Waals surface area (Å²) < 4.78 is 9.58. The predicted molar refractivity (Wildman–Crippen MR) is 152 cm³/mol. The van der Waals surface area contributed by atoms with Crippen molar-refractivity contribution in [3.05, 3.63) is 118 Å². The van der Waals surface area contributed by atoms with Crippen molar-refractivity contribution in [2.24, 2.45) is 4.99 Å². The van der Waals surface area contributed by atoms with Crippen LogP contribution in [0.15, 0.2) is 75.7 Å². The molecule has 1 aliphatic heterocycles. The third-order valence-electron chi connectivity index (χ3n) is 6.54. The molecule has 0 saturated carbocycles. The average Bonchev–Trinajstić information content (AvgIpc) is 3.34. The first-order valence-corrected chi connectivity index (χ1v) is 13.7. The number of carbonyl (C=O) groups excluding carboxylic acids is 1. The fourth-order valence-corrected chi connectivity index (χ4v) is 6.10. The molecule has 194 valence electrons. The molecule has 0 bridgehead atoms. The summed E-state index contributed by atoms with van der Waals surface area (Å²) in [6, 6.07) is 16.1. The maximum atomic E-state index is 13.9. The number of nitrogens with zero attached hydrogens (tertiary/aromatic N) is 3. The van der Waals surface area contributed by atoms with Crippen molar-refractivity contribution in [3.63, 3.8) is 0 Å². The summed E-state index contributed by atoms with van der Waals surface area (Å²) in [6.07, 6.45) is 1.89. The number of benzene rings is 2. The van der Waals surface area contributed by atoms with Crippen LogP contribution in [0.4, 0.5) is 0 Å². The maximum absolute atomic E-state index is 13.9. The first kappa shape index (κ1) is 26.2. The second kappa shape index (κ2) is 10.4. The minimum absolute atomic E-state index is 0.219. The lowest BCUT2D eigenvalue weighted by molar-refractivity contribution is -0.139. The molecule has 5 rings (SSSR count). The van der Waals surface area contributed by atoms with Gasteiger partial charge in [-0.25, -0.2) is 9.79 Å². The molecule has 0 amide bonds. The molecule has 2 aromatic carbocycles. The highest BCUT2D eigenvalue weighted by molar-refractivity contribution is 7.07. The summed E-state index contributed by atoms with van der Waals surface area (Å²) in [5, 5.41) is 1.24. The first-order valence-electron chi connectivity index (χ1n) is 12.1.